The summed E-state index contributed by atoms with van der Waals surface area (Å²) in [5.41, 5.74) is 3.00. The molecule has 5 heteroatoms. The Balaban J connectivity index is 2.16. The Morgan fingerprint density at radius 2 is 2.18 bits per heavy atom. The first kappa shape index (κ1) is 12.8. The van der Waals surface area contributed by atoms with Gasteiger partial charge in [-0.05, 0) is 31.2 Å². The summed E-state index contributed by atoms with van der Waals surface area (Å²) in [5.74, 6) is 0. The molecule has 0 fully saturated rings. The third-order valence-electron chi connectivity index (χ3n) is 2.57. The van der Waals surface area contributed by atoms with Gasteiger partial charge in [0.1, 0.15) is 0 Å². The highest BCUT2D eigenvalue weighted by Gasteiger charge is 2.12. The molecule has 0 radical (unpaired) electrons. The van der Waals surface area contributed by atoms with Crippen LogP contribution in [-0.2, 0) is 6.42 Å². The summed E-state index contributed by atoms with van der Waals surface area (Å²) in [4.78, 5) is 5.32. The summed E-state index contributed by atoms with van der Waals surface area (Å²) in [6, 6.07) is 6.01. The topological polar surface area (TPSA) is 24.9 Å². The molecule has 0 spiro atoms. The summed E-state index contributed by atoms with van der Waals surface area (Å²) in [6.45, 7) is 0. The van der Waals surface area contributed by atoms with E-state index in [0.717, 1.165) is 12.0 Å². The summed E-state index contributed by atoms with van der Waals surface area (Å²) >= 11 is 13.5. The molecule has 90 valence electrons. The number of hydrogen-bond donors (Lipinski definition) is 1. The van der Waals surface area contributed by atoms with Crippen molar-refractivity contribution in [1.82, 2.24) is 10.3 Å². The quantitative estimate of drug-likeness (QED) is 0.921. The second kappa shape index (κ2) is 5.83. The Morgan fingerprint density at radius 3 is 2.76 bits per heavy atom. The molecule has 0 aliphatic heterocycles. The number of thiazole rings is 1. The van der Waals surface area contributed by atoms with Crippen LogP contribution in [0, 0.1) is 0 Å². The summed E-state index contributed by atoms with van der Waals surface area (Å²) in [6.07, 6.45) is 2.76. The molecule has 0 bridgehead atoms. The Labute approximate surface area is 115 Å². The summed E-state index contributed by atoms with van der Waals surface area (Å²) in [5, 5.41) is 4.47. The number of likely N-dealkylation sites (N-methyl/N-ethyl adjacent to an activating group) is 1. The molecule has 1 N–H and O–H groups in total. The Hall–Kier alpha value is -0.610. The van der Waals surface area contributed by atoms with Crippen LogP contribution in [0.25, 0.3) is 0 Å². The van der Waals surface area contributed by atoms with E-state index in [1.807, 2.05) is 37.0 Å². The zero-order valence-corrected chi connectivity index (χ0v) is 11.6. The molecule has 2 aromatic rings. The van der Waals surface area contributed by atoms with Crippen LogP contribution in [0.5, 0.6) is 0 Å². The molecule has 0 saturated heterocycles. The van der Waals surface area contributed by atoms with Crippen molar-refractivity contribution in [3.05, 3.63) is 50.4 Å². The van der Waals surface area contributed by atoms with E-state index in [4.69, 9.17) is 23.2 Å². The van der Waals surface area contributed by atoms with Crippen molar-refractivity contribution in [3.63, 3.8) is 0 Å². The number of hydrogen-bond acceptors (Lipinski definition) is 3. The second-order valence-electron chi connectivity index (χ2n) is 3.70. The van der Waals surface area contributed by atoms with E-state index in [-0.39, 0.29) is 6.04 Å². The minimum absolute atomic E-state index is 0.264. The van der Waals surface area contributed by atoms with Crippen molar-refractivity contribution in [1.29, 1.82) is 0 Å². The fraction of sp³-hybridized carbons (Fsp3) is 0.250. The Kier molecular flexibility index (Phi) is 4.40. The van der Waals surface area contributed by atoms with Gasteiger partial charge < -0.3 is 5.32 Å². The van der Waals surface area contributed by atoms with Crippen molar-refractivity contribution in [2.24, 2.45) is 0 Å². The highest BCUT2D eigenvalue weighted by atomic mass is 35.5. The summed E-state index contributed by atoms with van der Waals surface area (Å²) in [7, 11) is 1.95. The van der Waals surface area contributed by atoms with E-state index in [2.05, 4.69) is 10.3 Å². The number of rotatable bonds is 4. The fourth-order valence-corrected chi connectivity index (χ4v) is 2.70. The average molecular weight is 287 g/mol. The predicted molar refractivity (Wildman–Crippen MR) is 74.1 cm³/mol. The van der Waals surface area contributed by atoms with Gasteiger partial charge in [0, 0.05) is 17.1 Å². The van der Waals surface area contributed by atoms with E-state index in [9.17, 15) is 0 Å². The molecule has 2 rings (SSSR count). The normalized spacial score (nSPS) is 12.6. The van der Waals surface area contributed by atoms with Crippen molar-refractivity contribution < 1.29 is 0 Å². The SMILES string of the molecule is CNC(Cc1ccc(Cl)c(Cl)c1)c1cncs1. The first-order valence-electron chi connectivity index (χ1n) is 5.20. The minimum Gasteiger partial charge on any atom is -0.312 e. The largest absolute Gasteiger partial charge is 0.312 e. The molecule has 0 aliphatic carbocycles. The molecular weight excluding hydrogens is 275 g/mol. The summed E-state index contributed by atoms with van der Waals surface area (Å²) < 4.78 is 0. The van der Waals surface area contributed by atoms with Crippen LogP contribution < -0.4 is 5.32 Å². The third kappa shape index (κ3) is 3.19. The maximum atomic E-state index is 6.00. The van der Waals surface area contributed by atoms with Crippen LogP contribution >= 0.6 is 34.5 Å². The van der Waals surface area contributed by atoms with Gasteiger partial charge in [0.15, 0.2) is 0 Å². The van der Waals surface area contributed by atoms with Crippen molar-refractivity contribution in [2.75, 3.05) is 7.05 Å². The average Bonchev–Trinajstić information content (AvgIpc) is 2.84. The molecule has 2 nitrogen and oxygen atoms in total. The first-order chi connectivity index (χ1) is 8.20. The van der Waals surface area contributed by atoms with Crippen LogP contribution in [0.2, 0.25) is 10.0 Å². The van der Waals surface area contributed by atoms with Crippen LogP contribution in [0.4, 0.5) is 0 Å². The molecule has 1 atom stereocenters. The van der Waals surface area contributed by atoms with E-state index >= 15 is 0 Å². The van der Waals surface area contributed by atoms with Crippen LogP contribution in [0.1, 0.15) is 16.5 Å². The lowest BCUT2D eigenvalue weighted by Gasteiger charge is -2.14. The maximum Gasteiger partial charge on any atom is 0.0794 e. The van der Waals surface area contributed by atoms with Gasteiger partial charge in [0.2, 0.25) is 0 Å². The highest BCUT2D eigenvalue weighted by molar-refractivity contribution is 7.09. The molecule has 1 heterocycles. The van der Waals surface area contributed by atoms with Gasteiger partial charge in [-0.3, -0.25) is 4.98 Å². The minimum atomic E-state index is 0.264. The fourth-order valence-electron chi connectivity index (χ4n) is 1.64. The molecular formula is C12H12Cl2N2S. The van der Waals surface area contributed by atoms with E-state index < -0.39 is 0 Å². The number of nitrogens with one attached hydrogen (secondary N) is 1. The lowest BCUT2D eigenvalue weighted by molar-refractivity contribution is 0.601. The molecule has 0 saturated carbocycles. The standard InChI is InChI=1S/C12H12Cl2N2S/c1-15-11(12-6-16-7-17-12)5-8-2-3-9(13)10(14)4-8/h2-4,6-7,11,15H,5H2,1H3. The number of nitrogens with zero attached hydrogens (tertiary/aromatic N) is 1. The van der Waals surface area contributed by atoms with E-state index in [1.54, 1.807) is 11.3 Å². The predicted octanol–water partition coefficient (Wildman–Crippen LogP) is 3.95. The van der Waals surface area contributed by atoms with Gasteiger partial charge in [-0.25, -0.2) is 0 Å². The van der Waals surface area contributed by atoms with Gasteiger partial charge >= 0.3 is 0 Å². The van der Waals surface area contributed by atoms with Crippen LogP contribution in [-0.4, -0.2) is 12.0 Å². The zero-order valence-electron chi connectivity index (χ0n) is 9.28. The van der Waals surface area contributed by atoms with E-state index in [1.165, 1.54) is 4.88 Å². The van der Waals surface area contributed by atoms with Crippen molar-refractivity contribution in [3.8, 4) is 0 Å². The molecule has 1 unspecified atom stereocenters. The molecule has 17 heavy (non-hydrogen) atoms. The molecule has 1 aromatic carbocycles. The van der Waals surface area contributed by atoms with E-state index in [0.29, 0.717) is 10.0 Å². The van der Waals surface area contributed by atoms with Gasteiger partial charge in [0.25, 0.3) is 0 Å². The molecule has 1 aromatic heterocycles. The Morgan fingerprint density at radius 1 is 1.35 bits per heavy atom. The van der Waals surface area contributed by atoms with Crippen LogP contribution in [0.3, 0.4) is 0 Å². The molecule has 0 aliphatic rings. The first-order valence-corrected chi connectivity index (χ1v) is 6.84. The van der Waals surface area contributed by atoms with Crippen molar-refractivity contribution >= 4 is 34.5 Å². The van der Waals surface area contributed by atoms with Crippen LogP contribution in [0.15, 0.2) is 29.9 Å². The molecule has 0 amide bonds. The third-order valence-corrected chi connectivity index (χ3v) is 4.20. The smallest absolute Gasteiger partial charge is 0.0794 e. The second-order valence-corrected chi connectivity index (χ2v) is 5.43. The van der Waals surface area contributed by atoms with Crippen molar-refractivity contribution in [2.45, 2.75) is 12.5 Å². The highest BCUT2D eigenvalue weighted by Crippen LogP contribution is 2.26. The number of benzene rings is 1. The zero-order chi connectivity index (χ0) is 12.3. The Bertz CT molecular complexity index is 485. The van der Waals surface area contributed by atoms with Gasteiger partial charge in [-0.1, -0.05) is 29.3 Å². The monoisotopic (exact) mass is 286 g/mol. The van der Waals surface area contributed by atoms with Gasteiger partial charge in [0.05, 0.1) is 15.6 Å². The lowest BCUT2D eigenvalue weighted by Crippen LogP contribution is -2.17. The van der Waals surface area contributed by atoms with Gasteiger partial charge in [-0.15, -0.1) is 11.3 Å². The number of aromatic nitrogens is 1. The van der Waals surface area contributed by atoms with Gasteiger partial charge in [-0.2, -0.15) is 0 Å². The lowest BCUT2D eigenvalue weighted by atomic mass is 10.1. The number of halogens is 2. The maximum absolute atomic E-state index is 6.00.